The van der Waals surface area contributed by atoms with Gasteiger partial charge in [0.2, 0.25) is 0 Å². The number of hydrogen-bond acceptors (Lipinski definition) is 3. The van der Waals surface area contributed by atoms with E-state index in [9.17, 15) is 13.2 Å². The normalized spacial score (nSPS) is 12.0. The number of fused-ring (bicyclic) bond motifs is 1. The summed E-state index contributed by atoms with van der Waals surface area (Å²) in [6, 6.07) is 0.948. The van der Waals surface area contributed by atoms with Crippen molar-refractivity contribution in [2.24, 2.45) is 0 Å². The van der Waals surface area contributed by atoms with E-state index < -0.39 is 11.9 Å². The maximum Gasteiger partial charge on any atom is 0.435 e. The second-order valence-corrected chi connectivity index (χ2v) is 3.63. The van der Waals surface area contributed by atoms with Crippen LogP contribution in [0.3, 0.4) is 0 Å². The average molecular weight is 265 g/mol. The van der Waals surface area contributed by atoms with Gasteiger partial charge in [0, 0.05) is 30.9 Å². The number of rotatable bonds is 3. The molecule has 2 rings (SSSR count). The van der Waals surface area contributed by atoms with Crippen LogP contribution in [0, 0.1) is 0 Å². The summed E-state index contributed by atoms with van der Waals surface area (Å²) >= 11 is 5.49. The van der Waals surface area contributed by atoms with Gasteiger partial charge in [-0.2, -0.15) is 18.3 Å². The van der Waals surface area contributed by atoms with Crippen molar-refractivity contribution in [1.29, 1.82) is 0 Å². The van der Waals surface area contributed by atoms with Crippen molar-refractivity contribution in [2.75, 3.05) is 17.7 Å². The Kier molecular flexibility index (Phi) is 3.10. The molecule has 2 heterocycles. The lowest BCUT2D eigenvalue weighted by Crippen LogP contribution is -2.06. The van der Waals surface area contributed by atoms with Gasteiger partial charge in [0.1, 0.15) is 5.52 Å². The second-order valence-electron chi connectivity index (χ2n) is 3.25. The SMILES string of the molecule is FC(F)(F)c1cc2c(NCCCl)nccn2n1. The lowest BCUT2D eigenvalue weighted by molar-refractivity contribution is -0.141. The van der Waals surface area contributed by atoms with Gasteiger partial charge < -0.3 is 5.32 Å². The first kappa shape index (κ1) is 12.0. The Morgan fingerprint density at radius 2 is 2.18 bits per heavy atom. The second kappa shape index (κ2) is 4.40. The van der Waals surface area contributed by atoms with E-state index in [2.05, 4.69) is 15.4 Å². The summed E-state index contributed by atoms with van der Waals surface area (Å²) in [7, 11) is 0. The molecule has 0 saturated carbocycles. The molecule has 2 aromatic heterocycles. The molecule has 0 spiro atoms. The molecule has 92 valence electrons. The van der Waals surface area contributed by atoms with Gasteiger partial charge in [0.05, 0.1) is 0 Å². The van der Waals surface area contributed by atoms with E-state index in [0.29, 0.717) is 18.2 Å². The molecule has 4 nitrogen and oxygen atoms in total. The van der Waals surface area contributed by atoms with Crippen molar-refractivity contribution in [3.05, 3.63) is 24.2 Å². The van der Waals surface area contributed by atoms with Crippen molar-refractivity contribution < 1.29 is 13.2 Å². The third kappa shape index (κ3) is 2.44. The van der Waals surface area contributed by atoms with Gasteiger partial charge in [-0.15, -0.1) is 11.6 Å². The van der Waals surface area contributed by atoms with E-state index in [1.807, 2.05) is 0 Å². The maximum atomic E-state index is 12.5. The fourth-order valence-corrected chi connectivity index (χ4v) is 1.46. The first-order valence-corrected chi connectivity index (χ1v) is 5.27. The molecule has 0 aliphatic rings. The molecule has 0 atom stereocenters. The average Bonchev–Trinajstić information content (AvgIpc) is 2.70. The van der Waals surface area contributed by atoms with Crippen molar-refractivity contribution in [2.45, 2.75) is 6.18 Å². The maximum absolute atomic E-state index is 12.5. The molecule has 0 amide bonds. The molecule has 0 aromatic carbocycles. The molecule has 0 bridgehead atoms. The molecule has 0 fully saturated rings. The van der Waals surface area contributed by atoms with E-state index in [-0.39, 0.29) is 5.52 Å². The van der Waals surface area contributed by atoms with E-state index in [0.717, 1.165) is 10.6 Å². The van der Waals surface area contributed by atoms with Crippen molar-refractivity contribution in [3.8, 4) is 0 Å². The predicted molar refractivity (Wildman–Crippen MR) is 57.2 cm³/mol. The minimum Gasteiger partial charge on any atom is -0.367 e. The molecule has 0 aliphatic carbocycles. The fraction of sp³-hybridized carbons (Fsp3) is 0.333. The van der Waals surface area contributed by atoms with Crippen molar-refractivity contribution in [3.63, 3.8) is 0 Å². The zero-order chi connectivity index (χ0) is 12.5. The zero-order valence-electron chi connectivity index (χ0n) is 8.50. The van der Waals surface area contributed by atoms with Crippen LogP contribution in [0.2, 0.25) is 0 Å². The van der Waals surface area contributed by atoms with Crippen LogP contribution in [0.5, 0.6) is 0 Å². The third-order valence-corrected chi connectivity index (χ3v) is 2.26. The Labute approximate surface area is 99.4 Å². The smallest absolute Gasteiger partial charge is 0.367 e. The molecule has 1 N–H and O–H groups in total. The summed E-state index contributed by atoms with van der Waals surface area (Å²) in [5.41, 5.74) is -0.677. The predicted octanol–water partition coefficient (Wildman–Crippen LogP) is 2.40. The van der Waals surface area contributed by atoms with Crippen molar-refractivity contribution >= 4 is 22.9 Å². The van der Waals surface area contributed by atoms with Crippen LogP contribution in [0.1, 0.15) is 5.69 Å². The summed E-state index contributed by atoms with van der Waals surface area (Å²) in [6.45, 7) is 0.417. The summed E-state index contributed by atoms with van der Waals surface area (Å²) in [6.07, 6.45) is -1.73. The molecule has 8 heteroatoms. The lowest BCUT2D eigenvalue weighted by Gasteiger charge is -2.03. The quantitative estimate of drug-likeness (QED) is 0.866. The first-order chi connectivity index (χ1) is 8.02. The Morgan fingerprint density at radius 3 is 2.82 bits per heavy atom. The van der Waals surface area contributed by atoms with Crippen LogP contribution in [0.15, 0.2) is 18.5 Å². The molecule has 0 radical (unpaired) electrons. The van der Waals surface area contributed by atoms with Crippen LogP contribution in [0.4, 0.5) is 19.0 Å². The molecule has 17 heavy (non-hydrogen) atoms. The van der Waals surface area contributed by atoms with E-state index in [1.54, 1.807) is 0 Å². The van der Waals surface area contributed by atoms with Gasteiger partial charge in [-0.1, -0.05) is 0 Å². The minimum absolute atomic E-state index is 0.268. The van der Waals surface area contributed by atoms with Gasteiger partial charge in [-0.3, -0.25) is 0 Å². The molecule has 0 aliphatic heterocycles. The summed E-state index contributed by atoms with van der Waals surface area (Å²) in [5, 5.41) is 6.26. The van der Waals surface area contributed by atoms with E-state index in [4.69, 9.17) is 11.6 Å². The molecule has 2 aromatic rings. The topological polar surface area (TPSA) is 42.2 Å². The highest BCUT2D eigenvalue weighted by molar-refractivity contribution is 6.18. The Bertz CT molecular complexity index is 522. The first-order valence-electron chi connectivity index (χ1n) is 4.74. The van der Waals surface area contributed by atoms with E-state index >= 15 is 0 Å². The molecule has 0 unspecified atom stereocenters. The molecular weight excluding hydrogens is 257 g/mol. The number of anilines is 1. The number of aromatic nitrogens is 3. The molecular formula is C9H8ClF3N4. The highest BCUT2D eigenvalue weighted by atomic mass is 35.5. The highest BCUT2D eigenvalue weighted by Gasteiger charge is 2.34. The number of nitrogens with zero attached hydrogens (tertiary/aromatic N) is 3. The number of alkyl halides is 4. The van der Waals surface area contributed by atoms with Gasteiger partial charge in [-0.05, 0) is 0 Å². The lowest BCUT2D eigenvalue weighted by atomic mass is 10.3. The highest BCUT2D eigenvalue weighted by Crippen LogP contribution is 2.29. The zero-order valence-corrected chi connectivity index (χ0v) is 9.26. The van der Waals surface area contributed by atoms with Crippen LogP contribution in [0.25, 0.3) is 5.52 Å². The standard InChI is InChI=1S/C9H8ClF3N4/c10-1-2-14-8-6-5-7(9(11,12)13)16-17(6)4-3-15-8/h3-5H,1-2H2,(H,14,15). The van der Waals surface area contributed by atoms with Gasteiger partial charge in [0.15, 0.2) is 11.5 Å². The number of hydrogen-bond donors (Lipinski definition) is 1. The van der Waals surface area contributed by atoms with Gasteiger partial charge in [-0.25, -0.2) is 9.50 Å². The Balaban J connectivity index is 2.45. The van der Waals surface area contributed by atoms with Gasteiger partial charge in [0.25, 0.3) is 0 Å². The van der Waals surface area contributed by atoms with Gasteiger partial charge >= 0.3 is 6.18 Å². The summed E-state index contributed by atoms with van der Waals surface area (Å²) in [5.74, 6) is 0.666. The van der Waals surface area contributed by atoms with Crippen LogP contribution in [-0.2, 0) is 6.18 Å². The Morgan fingerprint density at radius 1 is 1.41 bits per heavy atom. The summed E-state index contributed by atoms with van der Waals surface area (Å²) in [4.78, 5) is 3.94. The van der Waals surface area contributed by atoms with Crippen LogP contribution in [-0.4, -0.2) is 27.0 Å². The minimum atomic E-state index is -4.46. The van der Waals surface area contributed by atoms with E-state index in [1.165, 1.54) is 12.4 Å². The molecule has 0 saturated heterocycles. The van der Waals surface area contributed by atoms with Crippen molar-refractivity contribution in [1.82, 2.24) is 14.6 Å². The largest absolute Gasteiger partial charge is 0.435 e. The van der Waals surface area contributed by atoms with Crippen LogP contribution >= 0.6 is 11.6 Å². The Hall–Kier alpha value is -1.50. The number of halogens is 4. The monoisotopic (exact) mass is 264 g/mol. The fourth-order valence-electron chi connectivity index (χ4n) is 1.36. The number of nitrogens with one attached hydrogen (secondary N) is 1. The van der Waals surface area contributed by atoms with Crippen LogP contribution < -0.4 is 5.32 Å². The summed E-state index contributed by atoms with van der Waals surface area (Å²) < 4.78 is 38.5. The third-order valence-electron chi connectivity index (χ3n) is 2.07.